The van der Waals surface area contributed by atoms with Crippen molar-refractivity contribution in [3.05, 3.63) is 78.4 Å². The smallest absolute Gasteiger partial charge is 0.0314 e. The Balaban J connectivity index is 1.84. The third-order valence-corrected chi connectivity index (χ3v) is 3.56. The quantitative estimate of drug-likeness (QED) is 0.775. The van der Waals surface area contributed by atoms with E-state index >= 15 is 0 Å². The first-order valence-corrected chi connectivity index (χ1v) is 6.62. The maximum absolute atomic E-state index is 5.71. The summed E-state index contributed by atoms with van der Waals surface area (Å²) < 4.78 is 0. The van der Waals surface area contributed by atoms with Gasteiger partial charge in [0.2, 0.25) is 0 Å². The van der Waals surface area contributed by atoms with Crippen LogP contribution in [0.15, 0.2) is 72.8 Å². The van der Waals surface area contributed by atoms with Crippen LogP contribution in [0.5, 0.6) is 0 Å². The van der Waals surface area contributed by atoms with Crippen molar-refractivity contribution in [3.8, 4) is 11.1 Å². The lowest BCUT2D eigenvalue weighted by Gasteiger charge is -2.14. The summed E-state index contributed by atoms with van der Waals surface area (Å²) in [5.41, 5.74) is 10.3. The first-order valence-electron chi connectivity index (χ1n) is 6.62. The van der Waals surface area contributed by atoms with Gasteiger partial charge >= 0.3 is 0 Å². The number of hydrogen-bond acceptors (Lipinski definition) is 1. The van der Waals surface area contributed by atoms with Crippen molar-refractivity contribution in [2.24, 2.45) is 0 Å². The minimum absolute atomic E-state index is 0.519. The molecule has 1 aliphatic rings. The summed E-state index contributed by atoms with van der Waals surface area (Å²) >= 11 is 0. The van der Waals surface area contributed by atoms with Crippen molar-refractivity contribution in [2.45, 2.75) is 12.3 Å². The predicted octanol–water partition coefficient (Wildman–Crippen LogP) is 4.54. The Bertz CT molecular complexity index is 603. The van der Waals surface area contributed by atoms with E-state index in [2.05, 4.69) is 60.7 Å². The molecule has 1 nitrogen and oxygen atoms in total. The van der Waals surface area contributed by atoms with Gasteiger partial charge in [-0.15, -0.1) is 0 Å². The minimum atomic E-state index is 0.519. The van der Waals surface area contributed by atoms with Crippen LogP contribution in [0, 0.1) is 0 Å². The number of hydrogen-bond donors (Lipinski definition) is 1. The average Bonchev–Trinajstić information content (AvgIpc) is 2.49. The molecule has 2 N–H and O–H groups in total. The Morgan fingerprint density at radius 2 is 1.42 bits per heavy atom. The van der Waals surface area contributed by atoms with Crippen LogP contribution in [0.25, 0.3) is 11.1 Å². The Morgan fingerprint density at radius 3 is 2.00 bits per heavy atom. The SMILES string of the molecule is Nc1ccc(-c2ccc(C3C=CC=CC3)cc2)cc1. The Kier molecular flexibility index (Phi) is 3.20. The summed E-state index contributed by atoms with van der Waals surface area (Å²) in [6.45, 7) is 0. The van der Waals surface area contributed by atoms with Gasteiger partial charge in [0.05, 0.1) is 0 Å². The second-order valence-corrected chi connectivity index (χ2v) is 4.90. The molecular weight excluding hydrogens is 230 g/mol. The minimum Gasteiger partial charge on any atom is -0.399 e. The Hall–Kier alpha value is -2.28. The first kappa shape index (κ1) is 11.8. The highest BCUT2D eigenvalue weighted by atomic mass is 14.5. The normalized spacial score (nSPS) is 17.6. The average molecular weight is 247 g/mol. The van der Waals surface area contributed by atoms with E-state index in [0.29, 0.717) is 5.92 Å². The van der Waals surface area contributed by atoms with E-state index in [1.165, 1.54) is 16.7 Å². The Morgan fingerprint density at radius 1 is 0.789 bits per heavy atom. The maximum Gasteiger partial charge on any atom is 0.0314 e. The van der Waals surface area contributed by atoms with Crippen molar-refractivity contribution in [1.82, 2.24) is 0 Å². The molecule has 3 rings (SSSR count). The van der Waals surface area contributed by atoms with Crippen molar-refractivity contribution in [2.75, 3.05) is 5.73 Å². The van der Waals surface area contributed by atoms with E-state index < -0.39 is 0 Å². The molecule has 0 bridgehead atoms. The molecule has 2 aromatic rings. The molecule has 0 radical (unpaired) electrons. The first-order chi connectivity index (χ1) is 9.33. The van der Waals surface area contributed by atoms with Crippen molar-refractivity contribution >= 4 is 5.69 Å². The summed E-state index contributed by atoms with van der Waals surface area (Å²) in [6.07, 6.45) is 9.82. The molecular formula is C18H17N. The standard InChI is InChI=1S/C18H17N/c19-18-12-10-17(11-13-18)16-8-6-15(7-9-16)14-4-2-1-3-5-14/h1-4,6-14H,5,19H2. The van der Waals surface area contributed by atoms with Gasteiger partial charge in [0.15, 0.2) is 0 Å². The zero-order valence-electron chi connectivity index (χ0n) is 10.8. The molecule has 1 unspecified atom stereocenters. The number of nitrogen functional groups attached to an aromatic ring is 1. The molecule has 0 saturated carbocycles. The van der Waals surface area contributed by atoms with Gasteiger partial charge < -0.3 is 5.73 Å². The van der Waals surface area contributed by atoms with Crippen molar-refractivity contribution in [3.63, 3.8) is 0 Å². The second-order valence-electron chi connectivity index (χ2n) is 4.90. The van der Waals surface area contributed by atoms with Crippen LogP contribution in [-0.2, 0) is 0 Å². The molecule has 0 aromatic heterocycles. The number of benzene rings is 2. The molecule has 0 amide bonds. The number of allylic oxidation sites excluding steroid dienone is 4. The van der Waals surface area contributed by atoms with Gasteiger partial charge in [-0.25, -0.2) is 0 Å². The third kappa shape index (κ3) is 2.60. The van der Waals surface area contributed by atoms with Crippen LogP contribution in [0.2, 0.25) is 0 Å². The van der Waals surface area contributed by atoms with Gasteiger partial charge in [0.1, 0.15) is 0 Å². The van der Waals surface area contributed by atoms with Gasteiger partial charge in [0.25, 0.3) is 0 Å². The van der Waals surface area contributed by atoms with E-state index in [-0.39, 0.29) is 0 Å². The molecule has 0 heterocycles. The monoisotopic (exact) mass is 247 g/mol. The lowest BCUT2D eigenvalue weighted by Crippen LogP contribution is -1.95. The topological polar surface area (TPSA) is 26.0 Å². The lowest BCUT2D eigenvalue weighted by molar-refractivity contribution is 0.854. The molecule has 1 atom stereocenters. The van der Waals surface area contributed by atoms with Gasteiger partial charge in [-0.1, -0.05) is 60.7 Å². The molecule has 0 saturated heterocycles. The van der Waals surface area contributed by atoms with Crippen molar-refractivity contribution < 1.29 is 0 Å². The molecule has 0 spiro atoms. The number of rotatable bonds is 2. The Labute approximate surface area is 114 Å². The van der Waals surface area contributed by atoms with E-state index in [1.807, 2.05) is 12.1 Å². The van der Waals surface area contributed by atoms with Crippen LogP contribution < -0.4 is 5.73 Å². The maximum atomic E-state index is 5.71. The van der Waals surface area contributed by atoms with Gasteiger partial charge in [0, 0.05) is 11.6 Å². The van der Waals surface area contributed by atoms with Crippen molar-refractivity contribution in [1.29, 1.82) is 0 Å². The number of nitrogens with two attached hydrogens (primary N) is 1. The zero-order chi connectivity index (χ0) is 13.1. The summed E-state index contributed by atoms with van der Waals surface area (Å²) in [7, 11) is 0. The molecule has 0 aliphatic heterocycles. The highest BCUT2D eigenvalue weighted by Gasteiger charge is 2.08. The van der Waals surface area contributed by atoms with E-state index in [0.717, 1.165) is 12.1 Å². The molecule has 19 heavy (non-hydrogen) atoms. The highest BCUT2D eigenvalue weighted by molar-refractivity contribution is 5.65. The predicted molar refractivity (Wildman–Crippen MR) is 81.9 cm³/mol. The summed E-state index contributed by atoms with van der Waals surface area (Å²) in [5, 5.41) is 0. The van der Waals surface area contributed by atoms with Crippen LogP contribution in [-0.4, -0.2) is 0 Å². The lowest BCUT2D eigenvalue weighted by atomic mass is 9.91. The fourth-order valence-corrected chi connectivity index (χ4v) is 2.43. The second kappa shape index (κ2) is 5.15. The van der Waals surface area contributed by atoms with Crippen LogP contribution in [0.3, 0.4) is 0 Å². The molecule has 94 valence electrons. The fraction of sp³-hybridized carbons (Fsp3) is 0.111. The zero-order valence-corrected chi connectivity index (χ0v) is 10.8. The van der Waals surface area contributed by atoms with E-state index in [4.69, 9.17) is 5.73 Å². The summed E-state index contributed by atoms with van der Waals surface area (Å²) in [4.78, 5) is 0. The highest BCUT2D eigenvalue weighted by Crippen LogP contribution is 2.27. The summed E-state index contributed by atoms with van der Waals surface area (Å²) in [6, 6.07) is 16.8. The fourth-order valence-electron chi connectivity index (χ4n) is 2.43. The summed E-state index contributed by atoms with van der Waals surface area (Å²) in [5.74, 6) is 0.519. The van der Waals surface area contributed by atoms with Gasteiger partial charge in [-0.2, -0.15) is 0 Å². The molecule has 1 heteroatoms. The van der Waals surface area contributed by atoms with Gasteiger partial charge in [-0.05, 0) is 35.2 Å². The van der Waals surface area contributed by atoms with Crippen LogP contribution in [0.1, 0.15) is 17.9 Å². The molecule has 2 aromatic carbocycles. The van der Waals surface area contributed by atoms with E-state index in [9.17, 15) is 0 Å². The van der Waals surface area contributed by atoms with Crippen LogP contribution in [0.4, 0.5) is 5.69 Å². The van der Waals surface area contributed by atoms with E-state index in [1.54, 1.807) is 0 Å². The van der Waals surface area contributed by atoms with Gasteiger partial charge in [-0.3, -0.25) is 0 Å². The van der Waals surface area contributed by atoms with Crippen LogP contribution >= 0.6 is 0 Å². The largest absolute Gasteiger partial charge is 0.399 e. The number of anilines is 1. The third-order valence-electron chi connectivity index (χ3n) is 3.56. The molecule has 0 fully saturated rings. The molecule has 1 aliphatic carbocycles.